The molecule has 6 nitrogen and oxygen atoms in total. The molecule has 2 aliphatic carbocycles. The predicted molar refractivity (Wildman–Crippen MR) is 119 cm³/mol. The van der Waals surface area contributed by atoms with Gasteiger partial charge in [0.15, 0.2) is 0 Å². The number of benzene rings is 1. The van der Waals surface area contributed by atoms with E-state index in [9.17, 15) is 9.59 Å². The number of carbonyl (C=O) groups excluding carboxylic acids is 2. The van der Waals surface area contributed by atoms with Crippen molar-refractivity contribution in [2.45, 2.75) is 63.5 Å². The Morgan fingerprint density at radius 3 is 2.52 bits per heavy atom. The third-order valence-corrected chi connectivity index (χ3v) is 7.26. The van der Waals surface area contributed by atoms with Gasteiger partial charge in [0.1, 0.15) is 0 Å². The number of likely N-dealkylation sites (tertiary alicyclic amines) is 1. The molecule has 1 N–H and O–H groups in total. The van der Waals surface area contributed by atoms with Gasteiger partial charge in [0, 0.05) is 38.0 Å². The summed E-state index contributed by atoms with van der Waals surface area (Å²) in [5.74, 6) is 0.848. The number of piperidine rings is 1. The standard InChI is InChI=1S/C25H36N2O4/c1-17(2)24(29)26-22-19-6-4-5-7-20(19)25(23(22)31-15-14-30-3)10-12-27(13-11-25)21(28)16-18-8-9-18/h4-7,17-18,22-23H,8-16H2,1-3H3,(H,26,29)/t22-,23+/m1/s1. The van der Waals surface area contributed by atoms with E-state index in [1.807, 2.05) is 24.8 Å². The van der Waals surface area contributed by atoms with Gasteiger partial charge in [-0.15, -0.1) is 0 Å². The molecule has 0 bridgehead atoms. The summed E-state index contributed by atoms with van der Waals surface area (Å²) in [4.78, 5) is 27.4. The van der Waals surface area contributed by atoms with Crippen molar-refractivity contribution in [3.8, 4) is 0 Å². The fourth-order valence-electron chi connectivity index (χ4n) is 5.25. The SMILES string of the molecule is COCCO[C@H]1[C@H](NC(=O)C(C)C)c2ccccc2C12CCN(C(=O)CC1CC1)CC2. The number of rotatable bonds is 8. The molecule has 1 aromatic carbocycles. The summed E-state index contributed by atoms with van der Waals surface area (Å²) in [5, 5.41) is 3.27. The van der Waals surface area contributed by atoms with E-state index in [1.165, 1.54) is 18.4 Å². The fraction of sp³-hybridized carbons (Fsp3) is 0.680. The van der Waals surface area contributed by atoms with Gasteiger partial charge in [-0.3, -0.25) is 9.59 Å². The van der Waals surface area contributed by atoms with Crippen LogP contribution in [0, 0.1) is 11.8 Å². The maximum atomic E-state index is 12.7. The Hall–Kier alpha value is -1.92. The van der Waals surface area contributed by atoms with Gasteiger partial charge in [-0.2, -0.15) is 0 Å². The number of amides is 2. The minimum absolute atomic E-state index is 0.0363. The number of nitrogens with one attached hydrogen (secondary N) is 1. The highest BCUT2D eigenvalue weighted by molar-refractivity contribution is 5.79. The quantitative estimate of drug-likeness (QED) is 0.646. The van der Waals surface area contributed by atoms with Crippen LogP contribution in [0.1, 0.15) is 63.1 Å². The Bertz CT molecular complexity index is 796. The van der Waals surface area contributed by atoms with Crippen molar-refractivity contribution in [3.05, 3.63) is 35.4 Å². The molecule has 0 unspecified atom stereocenters. The van der Waals surface area contributed by atoms with Crippen molar-refractivity contribution >= 4 is 11.8 Å². The second-order valence-corrected chi connectivity index (χ2v) is 9.70. The Kier molecular flexibility index (Phi) is 6.68. The zero-order valence-corrected chi connectivity index (χ0v) is 19.1. The van der Waals surface area contributed by atoms with Gasteiger partial charge >= 0.3 is 0 Å². The van der Waals surface area contributed by atoms with E-state index >= 15 is 0 Å². The molecule has 1 aliphatic heterocycles. The maximum Gasteiger partial charge on any atom is 0.223 e. The van der Waals surface area contributed by atoms with E-state index in [0.717, 1.165) is 31.5 Å². The summed E-state index contributed by atoms with van der Waals surface area (Å²) in [6.07, 6.45) is 4.64. The lowest BCUT2D eigenvalue weighted by molar-refractivity contribution is -0.135. The minimum atomic E-state index is -0.199. The fourth-order valence-corrected chi connectivity index (χ4v) is 5.25. The van der Waals surface area contributed by atoms with Gasteiger partial charge in [-0.05, 0) is 42.7 Å². The monoisotopic (exact) mass is 428 g/mol. The lowest BCUT2D eigenvalue weighted by atomic mass is 9.71. The number of methoxy groups -OCH3 is 1. The van der Waals surface area contributed by atoms with Crippen molar-refractivity contribution in [1.29, 1.82) is 0 Å². The number of carbonyl (C=O) groups is 2. The van der Waals surface area contributed by atoms with Gasteiger partial charge in [-0.25, -0.2) is 0 Å². The van der Waals surface area contributed by atoms with Crippen molar-refractivity contribution < 1.29 is 19.1 Å². The first-order valence-corrected chi connectivity index (χ1v) is 11.7. The van der Waals surface area contributed by atoms with Crippen LogP contribution in [0.15, 0.2) is 24.3 Å². The van der Waals surface area contributed by atoms with Crippen LogP contribution in [-0.4, -0.2) is 56.2 Å². The second kappa shape index (κ2) is 9.29. The van der Waals surface area contributed by atoms with Crippen LogP contribution in [-0.2, 0) is 24.5 Å². The Morgan fingerprint density at radius 1 is 1.16 bits per heavy atom. The molecular formula is C25H36N2O4. The molecule has 1 heterocycles. The molecule has 3 aliphatic rings. The second-order valence-electron chi connectivity index (χ2n) is 9.70. The zero-order valence-electron chi connectivity index (χ0n) is 19.1. The maximum absolute atomic E-state index is 12.7. The molecule has 170 valence electrons. The summed E-state index contributed by atoms with van der Waals surface area (Å²) in [6, 6.07) is 8.23. The smallest absolute Gasteiger partial charge is 0.223 e. The average molecular weight is 429 g/mol. The lowest BCUT2D eigenvalue weighted by Crippen LogP contribution is -2.52. The summed E-state index contributed by atoms with van der Waals surface area (Å²) in [7, 11) is 1.67. The number of hydrogen-bond acceptors (Lipinski definition) is 4. The van der Waals surface area contributed by atoms with Crippen LogP contribution >= 0.6 is 0 Å². The molecule has 1 saturated heterocycles. The van der Waals surface area contributed by atoms with Crippen LogP contribution in [0.5, 0.6) is 0 Å². The van der Waals surface area contributed by atoms with E-state index in [2.05, 4.69) is 23.5 Å². The molecule has 6 heteroatoms. The summed E-state index contributed by atoms with van der Waals surface area (Å²) in [6.45, 7) is 6.31. The molecule has 2 fully saturated rings. The molecule has 2 atom stereocenters. The summed E-state index contributed by atoms with van der Waals surface area (Å²) in [5.41, 5.74) is 2.22. The summed E-state index contributed by atoms with van der Waals surface area (Å²) >= 11 is 0. The Labute approximate surface area is 185 Å². The van der Waals surface area contributed by atoms with Crippen LogP contribution in [0.25, 0.3) is 0 Å². The van der Waals surface area contributed by atoms with E-state index in [1.54, 1.807) is 7.11 Å². The molecule has 31 heavy (non-hydrogen) atoms. The molecule has 0 aromatic heterocycles. The molecule has 1 aromatic rings. The van der Waals surface area contributed by atoms with Crippen LogP contribution in [0.4, 0.5) is 0 Å². The molecule has 0 radical (unpaired) electrons. The first-order valence-electron chi connectivity index (χ1n) is 11.7. The normalized spacial score (nSPS) is 24.5. The largest absolute Gasteiger partial charge is 0.382 e. The van der Waals surface area contributed by atoms with Crippen LogP contribution in [0.2, 0.25) is 0 Å². The molecule has 1 saturated carbocycles. The molecule has 4 rings (SSSR count). The van der Waals surface area contributed by atoms with Crippen molar-refractivity contribution in [1.82, 2.24) is 10.2 Å². The Morgan fingerprint density at radius 2 is 1.87 bits per heavy atom. The van der Waals surface area contributed by atoms with Gasteiger partial charge in [0.2, 0.25) is 11.8 Å². The number of hydrogen-bond donors (Lipinski definition) is 1. The zero-order chi connectivity index (χ0) is 22.0. The van der Waals surface area contributed by atoms with Crippen LogP contribution in [0.3, 0.4) is 0 Å². The minimum Gasteiger partial charge on any atom is -0.382 e. The van der Waals surface area contributed by atoms with E-state index in [4.69, 9.17) is 9.47 Å². The third-order valence-electron chi connectivity index (χ3n) is 7.26. The van der Waals surface area contributed by atoms with E-state index in [-0.39, 0.29) is 29.4 Å². The first kappa shape index (κ1) is 22.3. The average Bonchev–Trinajstić information content (AvgIpc) is 3.55. The van der Waals surface area contributed by atoms with Crippen molar-refractivity contribution in [3.63, 3.8) is 0 Å². The van der Waals surface area contributed by atoms with Gasteiger partial charge in [-0.1, -0.05) is 38.1 Å². The van der Waals surface area contributed by atoms with Gasteiger partial charge in [0.25, 0.3) is 0 Å². The van der Waals surface area contributed by atoms with E-state index in [0.29, 0.717) is 31.5 Å². The molecule has 2 amide bonds. The van der Waals surface area contributed by atoms with Crippen molar-refractivity contribution in [2.75, 3.05) is 33.4 Å². The first-order chi connectivity index (χ1) is 15.0. The van der Waals surface area contributed by atoms with E-state index < -0.39 is 0 Å². The molecular weight excluding hydrogens is 392 g/mol. The highest BCUT2D eigenvalue weighted by Gasteiger charge is 2.54. The number of fused-ring (bicyclic) bond motifs is 2. The van der Waals surface area contributed by atoms with Crippen molar-refractivity contribution in [2.24, 2.45) is 11.8 Å². The van der Waals surface area contributed by atoms with Crippen LogP contribution < -0.4 is 5.32 Å². The number of ether oxygens (including phenoxy) is 2. The predicted octanol–water partition coefficient (Wildman–Crippen LogP) is 3.21. The Balaban J connectivity index is 1.59. The lowest BCUT2D eigenvalue weighted by Gasteiger charge is -2.44. The third kappa shape index (κ3) is 4.51. The number of nitrogens with zero attached hydrogens (tertiary/aromatic N) is 1. The topological polar surface area (TPSA) is 67.9 Å². The molecule has 1 spiro atoms. The highest BCUT2D eigenvalue weighted by atomic mass is 16.5. The summed E-state index contributed by atoms with van der Waals surface area (Å²) < 4.78 is 11.7. The van der Waals surface area contributed by atoms with Gasteiger partial charge in [0.05, 0.1) is 25.4 Å². The van der Waals surface area contributed by atoms with Gasteiger partial charge < -0.3 is 19.7 Å². The highest BCUT2D eigenvalue weighted by Crippen LogP contribution is 2.52.